The number of hydrogen-bond acceptors (Lipinski definition) is 4. The first-order chi connectivity index (χ1) is 11.1. The van der Waals surface area contributed by atoms with E-state index in [4.69, 9.17) is 0 Å². The molecule has 1 saturated carbocycles. The molecule has 2 rings (SSSR count). The fourth-order valence-electron chi connectivity index (χ4n) is 2.98. The van der Waals surface area contributed by atoms with E-state index in [2.05, 4.69) is 18.4 Å². The molecule has 2 atom stereocenters. The molecular formula is C19H12N4. The van der Waals surface area contributed by atoms with Gasteiger partial charge in [0.05, 0.1) is 30.2 Å². The topological polar surface area (TPSA) is 95.2 Å². The van der Waals surface area contributed by atoms with Gasteiger partial charge in [-0.2, -0.15) is 21.0 Å². The Labute approximate surface area is 135 Å². The van der Waals surface area contributed by atoms with Gasteiger partial charge in [0.15, 0.2) is 10.8 Å². The van der Waals surface area contributed by atoms with Crippen molar-refractivity contribution in [3.05, 3.63) is 48.6 Å². The molecule has 0 N–H and O–H groups in total. The van der Waals surface area contributed by atoms with Crippen LogP contribution in [0.2, 0.25) is 0 Å². The van der Waals surface area contributed by atoms with Crippen LogP contribution in [0.5, 0.6) is 0 Å². The molecule has 0 aromatic heterocycles. The summed E-state index contributed by atoms with van der Waals surface area (Å²) in [6.07, 6.45) is 1.66. The van der Waals surface area contributed by atoms with Gasteiger partial charge in [-0.05, 0) is 24.5 Å². The molecule has 0 amide bonds. The number of benzene rings is 1. The Bertz CT molecular complexity index is 816. The van der Waals surface area contributed by atoms with Gasteiger partial charge in [-0.3, -0.25) is 0 Å². The van der Waals surface area contributed by atoms with E-state index in [0.29, 0.717) is 0 Å². The lowest BCUT2D eigenvalue weighted by Gasteiger charge is -2.25. The standard InChI is InChI=1S/C19H12N4/c1-2-16-10-18(11-20,12-21)19(13-22,14-23)17(16)9-8-15-6-4-3-5-7-15/h2-7,16-17H,1,10H2. The van der Waals surface area contributed by atoms with Crippen molar-refractivity contribution >= 4 is 0 Å². The highest BCUT2D eigenvalue weighted by Crippen LogP contribution is 2.58. The van der Waals surface area contributed by atoms with Crippen LogP contribution < -0.4 is 0 Å². The van der Waals surface area contributed by atoms with Gasteiger partial charge in [0.1, 0.15) is 0 Å². The molecule has 23 heavy (non-hydrogen) atoms. The number of allylic oxidation sites excluding steroid dienone is 1. The zero-order valence-corrected chi connectivity index (χ0v) is 12.3. The second kappa shape index (κ2) is 6.08. The number of rotatable bonds is 1. The predicted octanol–water partition coefficient (Wildman–Crippen LogP) is 2.93. The minimum absolute atomic E-state index is 0.0821. The number of nitriles is 4. The van der Waals surface area contributed by atoms with Gasteiger partial charge < -0.3 is 0 Å². The molecule has 4 heteroatoms. The fourth-order valence-corrected chi connectivity index (χ4v) is 2.98. The molecule has 1 fully saturated rings. The molecule has 2 unspecified atom stereocenters. The van der Waals surface area contributed by atoms with Crippen molar-refractivity contribution < 1.29 is 0 Å². The molecular weight excluding hydrogens is 284 g/mol. The van der Waals surface area contributed by atoms with Crippen LogP contribution in [0.1, 0.15) is 12.0 Å². The zero-order chi connectivity index (χ0) is 16.9. The van der Waals surface area contributed by atoms with Crippen molar-refractivity contribution in [1.29, 1.82) is 21.0 Å². The fraction of sp³-hybridized carbons (Fsp3) is 0.263. The number of hydrogen-bond donors (Lipinski definition) is 0. The first-order valence-electron chi connectivity index (χ1n) is 6.97. The summed E-state index contributed by atoms with van der Waals surface area (Å²) >= 11 is 0. The number of nitrogens with zero attached hydrogens (tertiary/aromatic N) is 4. The summed E-state index contributed by atoms with van der Waals surface area (Å²) in [6, 6.07) is 16.8. The Kier molecular flexibility index (Phi) is 4.19. The van der Waals surface area contributed by atoms with Gasteiger partial charge in [-0.25, -0.2) is 0 Å². The SMILES string of the molecule is C=CC1CC(C#N)(C#N)C(C#N)(C#N)C1C#Cc1ccccc1. The lowest BCUT2D eigenvalue weighted by molar-refractivity contribution is 0.319. The van der Waals surface area contributed by atoms with Gasteiger partial charge in [-0.1, -0.05) is 36.1 Å². The molecule has 4 nitrogen and oxygen atoms in total. The summed E-state index contributed by atoms with van der Waals surface area (Å²) in [6.45, 7) is 3.71. The Morgan fingerprint density at radius 1 is 1.00 bits per heavy atom. The van der Waals surface area contributed by atoms with E-state index in [1.54, 1.807) is 6.08 Å². The van der Waals surface area contributed by atoms with E-state index in [0.717, 1.165) is 5.56 Å². The largest absolute Gasteiger partial charge is 0.196 e. The van der Waals surface area contributed by atoms with Crippen LogP contribution in [0.15, 0.2) is 43.0 Å². The van der Waals surface area contributed by atoms with Crippen LogP contribution in [0.4, 0.5) is 0 Å². The van der Waals surface area contributed by atoms with Crippen molar-refractivity contribution in [3.63, 3.8) is 0 Å². The maximum atomic E-state index is 9.62. The molecule has 0 heterocycles. The molecule has 1 aliphatic rings. The van der Waals surface area contributed by atoms with Gasteiger partial charge >= 0.3 is 0 Å². The van der Waals surface area contributed by atoms with Crippen LogP contribution in [0.25, 0.3) is 0 Å². The maximum absolute atomic E-state index is 9.62. The first-order valence-corrected chi connectivity index (χ1v) is 6.97. The Morgan fingerprint density at radius 3 is 2.09 bits per heavy atom. The van der Waals surface area contributed by atoms with E-state index in [9.17, 15) is 21.0 Å². The smallest absolute Gasteiger partial charge is 0.189 e. The van der Waals surface area contributed by atoms with E-state index >= 15 is 0 Å². The third-order valence-electron chi connectivity index (χ3n) is 4.29. The molecule has 0 spiro atoms. The minimum atomic E-state index is -1.79. The average molecular weight is 296 g/mol. The Balaban J connectivity index is 2.62. The predicted molar refractivity (Wildman–Crippen MR) is 82.4 cm³/mol. The second-order valence-electron chi connectivity index (χ2n) is 5.38. The second-order valence-corrected chi connectivity index (χ2v) is 5.38. The Hall–Kier alpha value is -3.52. The van der Waals surface area contributed by atoms with Gasteiger partial charge in [0.2, 0.25) is 0 Å². The molecule has 1 aliphatic carbocycles. The average Bonchev–Trinajstić information content (AvgIpc) is 2.90. The Morgan fingerprint density at radius 2 is 1.61 bits per heavy atom. The third-order valence-corrected chi connectivity index (χ3v) is 4.29. The summed E-state index contributed by atoms with van der Waals surface area (Å²) in [7, 11) is 0. The lowest BCUT2D eigenvalue weighted by Crippen LogP contribution is -2.37. The molecule has 108 valence electrons. The monoisotopic (exact) mass is 296 g/mol. The van der Waals surface area contributed by atoms with Crippen LogP contribution in [0.3, 0.4) is 0 Å². The quantitative estimate of drug-likeness (QED) is 0.588. The van der Waals surface area contributed by atoms with Crippen LogP contribution >= 0.6 is 0 Å². The van der Waals surface area contributed by atoms with Gasteiger partial charge in [0, 0.05) is 5.56 Å². The lowest BCUT2D eigenvalue weighted by atomic mass is 9.65. The summed E-state index contributed by atoms with van der Waals surface area (Å²) in [4.78, 5) is 0. The summed E-state index contributed by atoms with van der Waals surface area (Å²) < 4.78 is 0. The molecule has 1 aromatic rings. The third kappa shape index (κ3) is 2.23. The van der Waals surface area contributed by atoms with E-state index in [-0.39, 0.29) is 12.3 Å². The van der Waals surface area contributed by atoms with Crippen LogP contribution in [-0.2, 0) is 0 Å². The summed E-state index contributed by atoms with van der Waals surface area (Å²) in [5, 5.41) is 38.2. The van der Waals surface area contributed by atoms with Crippen molar-refractivity contribution in [2.24, 2.45) is 22.7 Å². The highest BCUT2D eigenvalue weighted by atomic mass is 14.6. The van der Waals surface area contributed by atoms with Crippen molar-refractivity contribution in [1.82, 2.24) is 0 Å². The molecule has 0 bridgehead atoms. The van der Waals surface area contributed by atoms with Crippen molar-refractivity contribution in [2.75, 3.05) is 0 Å². The van der Waals surface area contributed by atoms with Crippen LogP contribution in [-0.4, -0.2) is 0 Å². The molecule has 0 radical (unpaired) electrons. The van der Waals surface area contributed by atoms with E-state index in [1.807, 2.05) is 54.6 Å². The molecule has 0 saturated heterocycles. The zero-order valence-electron chi connectivity index (χ0n) is 12.3. The van der Waals surface area contributed by atoms with Crippen molar-refractivity contribution in [3.8, 4) is 36.1 Å². The summed E-state index contributed by atoms with van der Waals surface area (Å²) in [5.41, 5.74) is -2.76. The van der Waals surface area contributed by atoms with E-state index < -0.39 is 16.7 Å². The van der Waals surface area contributed by atoms with Gasteiger partial charge in [-0.15, -0.1) is 6.58 Å². The highest BCUT2D eigenvalue weighted by Gasteiger charge is 2.66. The molecule has 0 aliphatic heterocycles. The normalized spacial score (nSPS) is 23.0. The van der Waals surface area contributed by atoms with E-state index in [1.165, 1.54) is 0 Å². The highest BCUT2D eigenvalue weighted by molar-refractivity contribution is 5.45. The minimum Gasteiger partial charge on any atom is -0.196 e. The van der Waals surface area contributed by atoms with Crippen molar-refractivity contribution in [2.45, 2.75) is 6.42 Å². The maximum Gasteiger partial charge on any atom is 0.189 e. The van der Waals surface area contributed by atoms with Gasteiger partial charge in [0.25, 0.3) is 0 Å². The van der Waals surface area contributed by atoms with Crippen LogP contribution in [0, 0.1) is 79.8 Å². The summed E-state index contributed by atoms with van der Waals surface area (Å²) in [5.74, 6) is 4.78. The molecule has 1 aromatic carbocycles. The first kappa shape index (κ1) is 15.9.